The molecule has 1 aliphatic rings. The van der Waals surface area contributed by atoms with Crippen molar-refractivity contribution in [3.8, 4) is 0 Å². The Morgan fingerprint density at radius 2 is 1.70 bits per heavy atom. The highest BCUT2D eigenvalue weighted by Gasteiger charge is 2.25. The molecule has 3 heteroatoms. The van der Waals surface area contributed by atoms with Gasteiger partial charge in [0.2, 0.25) is 0 Å². The lowest BCUT2D eigenvalue weighted by atomic mass is 9.77. The molecule has 0 bridgehead atoms. The van der Waals surface area contributed by atoms with Gasteiger partial charge in [-0.1, -0.05) is 56.2 Å². The van der Waals surface area contributed by atoms with Crippen LogP contribution in [0, 0.1) is 5.92 Å². The van der Waals surface area contributed by atoms with Crippen LogP contribution in [0.15, 0.2) is 30.3 Å². The number of rotatable bonds is 6. The van der Waals surface area contributed by atoms with E-state index in [-0.39, 0.29) is 6.42 Å². The van der Waals surface area contributed by atoms with Crippen molar-refractivity contribution in [3.63, 3.8) is 0 Å². The van der Waals surface area contributed by atoms with E-state index < -0.39 is 12.6 Å². The summed E-state index contributed by atoms with van der Waals surface area (Å²) in [5.74, 6) is 1.57. The maximum atomic E-state index is 12.1. The molecule has 0 aliphatic heterocycles. The molecule has 0 heterocycles. The molecule has 0 spiro atoms. The molecule has 0 unspecified atom stereocenters. The number of allylic oxidation sites excluding steroid dienone is 1. The van der Waals surface area contributed by atoms with Gasteiger partial charge in [-0.2, -0.15) is 13.2 Å². The smallest absolute Gasteiger partial charge is 0.171 e. The predicted octanol–water partition coefficient (Wildman–Crippen LogP) is 7.12. The van der Waals surface area contributed by atoms with Gasteiger partial charge in [-0.25, -0.2) is 0 Å². The lowest BCUT2D eigenvalue weighted by Gasteiger charge is -2.28. The largest absolute Gasteiger partial charge is 0.389 e. The van der Waals surface area contributed by atoms with Gasteiger partial charge in [-0.15, -0.1) is 0 Å². The molecule has 0 atom stereocenters. The van der Waals surface area contributed by atoms with Crippen LogP contribution in [0.4, 0.5) is 13.2 Å². The van der Waals surface area contributed by atoms with Gasteiger partial charge in [0.05, 0.1) is 0 Å². The molecule has 1 fully saturated rings. The van der Waals surface area contributed by atoms with Crippen molar-refractivity contribution < 1.29 is 13.2 Å². The molecule has 0 aromatic heterocycles. The van der Waals surface area contributed by atoms with Crippen LogP contribution in [0.1, 0.15) is 75.3 Å². The third kappa shape index (κ3) is 6.40. The highest BCUT2D eigenvalue weighted by molar-refractivity contribution is 5.49. The fourth-order valence-corrected chi connectivity index (χ4v) is 3.54. The second kappa shape index (κ2) is 8.56. The Morgan fingerprint density at radius 3 is 2.26 bits per heavy atom. The highest BCUT2D eigenvalue weighted by Crippen LogP contribution is 2.37. The van der Waals surface area contributed by atoms with Crippen LogP contribution in [0.2, 0.25) is 0 Å². The zero-order chi connectivity index (χ0) is 16.7. The average Bonchev–Trinajstić information content (AvgIpc) is 2.52. The van der Waals surface area contributed by atoms with Gasteiger partial charge < -0.3 is 0 Å². The standard InChI is InChI=1S/C20H27F3/c1-2-5-16-7-11-18(12-8-16)19-13-9-17(10-14-19)6-3-4-15-20(21,22)23/h3,6,9-10,13-14,16,18H,2,4-5,7-8,11-12,15H2,1H3/b6-3+. The van der Waals surface area contributed by atoms with Crippen molar-refractivity contribution in [1.29, 1.82) is 0 Å². The first-order valence-electron chi connectivity index (χ1n) is 8.81. The van der Waals surface area contributed by atoms with Crippen molar-refractivity contribution in [2.24, 2.45) is 5.92 Å². The van der Waals surface area contributed by atoms with Crippen molar-refractivity contribution in [1.82, 2.24) is 0 Å². The molecule has 1 aromatic rings. The van der Waals surface area contributed by atoms with Crippen LogP contribution >= 0.6 is 0 Å². The molecular weight excluding hydrogens is 297 g/mol. The van der Waals surface area contributed by atoms with Gasteiger partial charge in [-0.3, -0.25) is 0 Å². The zero-order valence-corrected chi connectivity index (χ0v) is 13.9. The molecule has 0 radical (unpaired) electrons. The minimum Gasteiger partial charge on any atom is -0.171 e. The Labute approximate surface area is 137 Å². The molecular formula is C20H27F3. The monoisotopic (exact) mass is 324 g/mol. The number of hydrogen-bond acceptors (Lipinski definition) is 0. The Kier molecular flexibility index (Phi) is 6.73. The van der Waals surface area contributed by atoms with Gasteiger partial charge in [0.25, 0.3) is 0 Å². The maximum absolute atomic E-state index is 12.1. The van der Waals surface area contributed by atoms with Crippen molar-refractivity contribution >= 4 is 6.08 Å². The van der Waals surface area contributed by atoms with E-state index in [0.717, 1.165) is 11.5 Å². The van der Waals surface area contributed by atoms with Crippen molar-refractivity contribution in [2.45, 2.75) is 70.4 Å². The SMILES string of the molecule is CCCC1CCC(c2ccc(/C=C/CCC(F)(F)F)cc2)CC1. The van der Waals surface area contributed by atoms with Crippen LogP contribution in [0.25, 0.3) is 6.08 Å². The van der Waals surface area contributed by atoms with Crippen LogP contribution in [0.5, 0.6) is 0 Å². The second-order valence-electron chi connectivity index (χ2n) is 6.73. The normalized spacial score (nSPS) is 22.6. The summed E-state index contributed by atoms with van der Waals surface area (Å²) >= 11 is 0. The lowest BCUT2D eigenvalue weighted by Crippen LogP contribution is -2.13. The summed E-state index contributed by atoms with van der Waals surface area (Å²) in [6, 6.07) is 8.34. The third-order valence-electron chi connectivity index (χ3n) is 4.86. The molecule has 0 N–H and O–H groups in total. The third-order valence-corrected chi connectivity index (χ3v) is 4.86. The molecule has 1 saturated carbocycles. The number of hydrogen-bond donors (Lipinski definition) is 0. The van der Waals surface area contributed by atoms with Gasteiger partial charge in [0.1, 0.15) is 0 Å². The Hall–Kier alpha value is -1.25. The summed E-state index contributed by atoms with van der Waals surface area (Å²) in [7, 11) is 0. The first-order valence-corrected chi connectivity index (χ1v) is 8.81. The summed E-state index contributed by atoms with van der Waals surface area (Å²) in [6.07, 6.45) is 6.47. The van der Waals surface area contributed by atoms with E-state index in [1.54, 1.807) is 12.2 Å². The van der Waals surface area contributed by atoms with E-state index in [1.165, 1.54) is 44.1 Å². The first kappa shape index (κ1) is 18.1. The van der Waals surface area contributed by atoms with Crippen molar-refractivity contribution in [3.05, 3.63) is 41.5 Å². The van der Waals surface area contributed by atoms with E-state index in [2.05, 4.69) is 19.1 Å². The molecule has 1 aromatic carbocycles. The molecule has 2 rings (SSSR count). The average molecular weight is 324 g/mol. The first-order chi connectivity index (χ1) is 11.0. The van der Waals surface area contributed by atoms with Gasteiger partial charge in [0, 0.05) is 6.42 Å². The van der Waals surface area contributed by atoms with Crippen LogP contribution in [-0.4, -0.2) is 6.18 Å². The Morgan fingerprint density at radius 1 is 1.04 bits per heavy atom. The highest BCUT2D eigenvalue weighted by atomic mass is 19.4. The molecule has 128 valence electrons. The summed E-state index contributed by atoms with van der Waals surface area (Å²) < 4.78 is 36.2. The van der Waals surface area contributed by atoms with Gasteiger partial charge >= 0.3 is 6.18 Å². The number of benzene rings is 1. The van der Waals surface area contributed by atoms with Crippen molar-refractivity contribution in [2.75, 3.05) is 0 Å². The minimum atomic E-state index is -4.06. The Balaban J connectivity index is 1.82. The van der Waals surface area contributed by atoms with E-state index in [0.29, 0.717) is 5.92 Å². The molecule has 23 heavy (non-hydrogen) atoms. The molecule has 1 aliphatic carbocycles. The van der Waals surface area contributed by atoms with Crippen LogP contribution < -0.4 is 0 Å². The maximum Gasteiger partial charge on any atom is 0.389 e. The summed E-state index contributed by atoms with van der Waals surface area (Å²) in [5.41, 5.74) is 2.36. The number of alkyl halides is 3. The Bertz CT molecular complexity index is 477. The summed E-state index contributed by atoms with van der Waals surface area (Å²) in [4.78, 5) is 0. The predicted molar refractivity (Wildman–Crippen MR) is 90.4 cm³/mol. The van der Waals surface area contributed by atoms with Gasteiger partial charge in [0.15, 0.2) is 0 Å². The summed E-state index contributed by atoms with van der Waals surface area (Å²) in [5, 5.41) is 0. The van der Waals surface area contributed by atoms with Gasteiger partial charge in [-0.05, 0) is 55.1 Å². The van der Waals surface area contributed by atoms with E-state index >= 15 is 0 Å². The lowest BCUT2D eigenvalue weighted by molar-refractivity contribution is -0.133. The molecule has 0 saturated heterocycles. The van der Waals surface area contributed by atoms with Crippen LogP contribution in [0.3, 0.4) is 0 Å². The van der Waals surface area contributed by atoms with E-state index in [9.17, 15) is 13.2 Å². The van der Waals surface area contributed by atoms with E-state index in [1.807, 2.05) is 12.1 Å². The van der Waals surface area contributed by atoms with Crippen LogP contribution in [-0.2, 0) is 0 Å². The van der Waals surface area contributed by atoms with E-state index in [4.69, 9.17) is 0 Å². The summed E-state index contributed by atoms with van der Waals surface area (Å²) in [6.45, 7) is 2.26. The number of halogens is 3. The molecule has 0 amide bonds. The molecule has 0 nitrogen and oxygen atoms in total. The quantitative estimate of drug-likeness (QED) is 0.522. The second-order valence-corrected chi connectivity index (χ2v) is 6.73. The fourth-order valence-electron chi connectivity index (χ4n) is 3.54. The fraction of sp³-hybridized carbons (Fsp3) is 0.600. The minimum absolute atomic E-state index is 0.0483. The topological polar surface area (TPSA) is 0 Å². The zero-order valence-electron chi connectivity index (χ0n) is 13.9.